The van der Waals surface area contributed by atoms with Crippen molar-refractivity contribution in [3.63, 3.8) is 0 Å². The van der Waals surface area contributed by atoms with Crippen LogP contribution in [0.3, 0.4) is 0 Å². The number of alkyl halides is 3. The van der Waals surface area contributed by atoms with Crippen LogP contribution in [0.2, 0.25) is 0 Å². The van der Waals surface area contributed by atoms with Crippen LogP contribution in [0.5, 0.6) is 0 Å². The molecule has 0 aliphatic carbocycles. The van der Waals surface area contributed by atoms with Gasteiger partial charge in [0.2, 0.25) is 0 Å². The minimum absolute atomic E-state index is 0. The van der Waals surface area contributed by atoms with Crippen LogP contribution < -0.4 is 11.1 Å². The Morgan fingerprint density at radius 2 is 2.12 bits per heavy atom. The maximum Gasteiger partial charge on any atom is 0.416 e. The van der Waals surface area contributed by atoms with Crippen molar-refractivity contribution < 1.29 is 27.4 Å². The quantitative estimate of drug-likeness (QED) is 0.771. The number of hydrogen-bond donors (Lipinski definition) is 2. The van der Waals surface area contributed by atoms with Gasteiger partial charge in [0.25, 0.3) is 5.91 Å². The smallest absolute Gasteiger partial charge is 0.376 e. The summed E-state index contributed by atoms with van der Waals surface area (Å²) in [5.74, 6) is -0.516. The molecular weight excluding hydrogens is 373 g/mol. The molecule has 148 valence electrons. The molecular formula is C17H24ClF3N2O3. The number of halogens is 4. The first-order chi connectivity index (χ1) is 11.8. The third kappa shape index (κ3) is 6.75. The Morgan fingerprint density at radius 3 is 2.69 bits per heavy atom. The molecule has 1 amide bonds. The molecule has 1 heterocycles. The van der Waals surface area contributed by atoms with E-state index in [1.54, 1.807) is 6.92 Å². The molecule has 0 radical (unpaired) electrons. The van der Waals surface area contributed by atoms with E-state index in [0.29, 0.717) is 6.61 Å². The second kappa shape index (κ2) is 10.1. The first-order valence-electron chi connectivity index (χ1n) is 8.25. The van der Waals surface area contributed by atoms with E-state index in [0.717, 1.165) is 31.4 Å². The van der Waals surface area contributed by atoms with Crippen LogP contribution in [0.25, 0.3) is 0 Å². The van der Waals surface area contributed by atoms with E-state index in [2.05, 4.69) is 5.32 Å². The maximum absolute atomic E-state index is 12.9. The summed E-state index contributed by atoms with van der Waals surface area (Å²) in [5.41, 5.74) is 4.91. The number of ether oxygens (including phenoxy) is 2. The predicted molar refractivity (Wildman–Crippen MR) is 94.2 cm³/mol. The van der Waals surface area contributed by atoms with Gasteiger partial charge in [-0.05, 0) is 49.9 Å². The van der Waals surface area contributed by atoms with Crippen LogP contribution in [0.1, 0.15) is 37.3 Å². The van der Waals surface area contributed by atoms with Gasteiger partial charge in [-0.3, -0.25) is 4.79 Å². The molecule has 1 aromatic carbocycles. The number of amides is 1. The van der Waals surface area contributed by atoms with Gasteiger partial charge in [0, 0.05) is 18.8 Å². The second-order valence-corrected chi connectivity index (χ2v) is 6.07. The summed E-state index contributed by atoms with van der Waals surface area (Å²) in [6, 6.07) is 3.27. The second-order valence-electron chi connectivity index (χ2n) is 6.07. The molecule has 1 aliphatic rings. The molecule has 0 saturated carbocycles. The molecule has 26 heavy (non-hydrogen) atoms. The molecule has 1 aromatic rings. The van der Waals surface area contributed by atoms with Crippen LogP contribution >= 0.6 is 12.4 Å². The van der Waals surface area contributed by atoms with Gasteiger partial charge in [0.1, 0.15) is 6.10 Å². The highest BCUT2D eigenvalue weighted by atomic mass is 35.5. The van der Waals surface area contributed by atoms with Gasteiger partial charge in [0.15, 0.2) is 0 Å². The van der Waals surface area contributed by atoms with Gasteiger partial charge in [-0.15, -0.1) is 12.4 Å². The Balaban J connectivity index is 0.00000338. The van der Waals surface area contributed by atoms with Crippen LogP contribution in [-0.4, -0.2) is 31.3 Å². The van der Waals surface area contributed by atoms with E-state index in [1.807, 2.05) is 0 Å². The highest BCUT2D eigenvalue weighted by Crippen LogP contribution is 2.32. The zero-order valence-corrected chi connectivity index (χ0v) is 15.3. The summed E-state index contributed by atoms with van der Waals surface area (Å²) in [5, 5.41) is 2.46. The van der Waals surface area contributed by atoms with Gasteiger partial charge in [-0.2, -0.15) is 13.2 Å². The number of benzene rings is 1. The molecule has 9 heteroatoms. The molecule has 2 rings (SSSR count). The monoisotopic (exact) mass is 396 g/mol. The highest BCUT2D eigenvalue weighted by Gasteiger charge is 2.31. The molecule has 1 saturated heterocycles. The van der Waals surface area contributed by atoms with Crippen LogP contribution in [0, 0.1) is 0 Å². The topological polar surface area (TPSA) is 73.6 Å². The Labute approximate surface area is 156 Å². The lowest BCUT2D eigenvalue weighted by Gasteiger charge is -2.24. The number of anilines is 1. The Morgan fingerprint density at radius 1 is 1.38 bits per heavy atom. The van der Waals surface area contributed by atoms with E-state index in [9.17, 15) is 18.0 Å². The molecule has 0 spiro atoms. The van der Waals surface area contributed by atoms with Gasteiger partial charge < -0.3 is 20.5 Å². The number of rotatable bonds is 6. The van der Waals surface area contributed by atoms with Crippen molar-refractivity contribution in [1.29, 1.82) is 0 Å². The Hall–Kier alpha value is -1.35. The Bertz CT molecular complexity index is 593. The largest absolute Gasteiger partial charge is 0.416 e. The summed E-state index contributed by atoms with van der Waals surface area (Å²) in [4.78, 5) is 12.2. The summed E-state index contributed by atoms with van der Waals surface area (Å²) >= 11 is 0. The summed E-state index contributed by atoms with van der Waals surface area (Å²) in [6.07, 6.45) is -2.40. The van der Waals surface area contributed by atoms with Crippen molar-refractivity contribution in [1.82, 2.24) is 0 Å². The SMILES string of the molecule is CC(OCC1CCCCO1)C(=O)Nc1cc(CN)cc(C(F)(F)F)c1.Cl. The molecule has 5 nitrogen and oxygen atoms in total. The fourth-order valence-corrected chi connectivity index (χ4v) is 2.56. The van der Waals surface area contributed by atoms with Crippen molar-refractivity contribution in [2.24, 2.45) is 5.73 Å². The summed E-state index contributed by atoms with van der Waals surface area (Å²) in [7, 11) is 0. The van der Waals surface area contributed by atoms with Gasteiger partial charge >= 0.3 is 6.18 Å². The molecule has 0 bridgehead atoms. The predicted octanol–water partition coefficient (Wildman–Crippen LogP) is 3.50. The lowest BCUT2D eigenvalue weighted by atomic mass is 10.1. The molecule has 3 N–H and O–H groups in total. The standard InChI is InChI=1S/C17H23F3N2O3.ClH/c1-11(25-10-15-4-2-3-5-24-15)16(23)22-14-7-12(9-21)6-13(8-14)17(18,19)20;/h6-8,11,15H,2-5,9-10,21H2,1H3,(H,22,23);1H. The number of nitrogens with one attached hydrogen (secondary N) is 1. The van der Waals surface area contributed by atoms with E-state index >= 15 is 0 Å². The Kier molecular flexibility index (Phi) is 8.82. The van der Waals surface area contributed by atoms with Crippen molar-refractivity contribution in [2.45, 2.75) is 51.1 Å². The third-order valence-electron chi connectivity index (χ3n) is 4.00. The molecule has 1 fully saturated rings. The van der Waals surface area contributed by atoms with Crippen LogP contribution in [-0.2, 0) is 27.0 Å². The van der Waals surface area contributed by atoms with Gasteiger partial charge in [-0.25, -0.2) is 0 Å². The molecule has 0 aromatic heterocycles. The van der Waals surface area contributed by atoms with Gasteiger partial charge in [-0.1, -0.05) is 0 Å². The fraction of sp³-hybridized carbons (Fsp3) is 0.588. The van der Waals surface area contributed by atoms with Crippen molar-refractivity contribution in [3.05, 3.63) is 29.3 Å². The van der Waals surface area contributed by atoms with Crippen LogP contribution in [0.4, 0.5) is 18.9 Å². The minimum atomic E-state index is -4.51. The minimum Gasteiger partial charge on any atom is -0.376 e. The van der Waals surface area contributed by atoms with Gasteiger partial charge in [0.05, 0.1) is 18.3 Å². The molecule has 2 atom stereocenters. The maximum atomic E-state index is 12.9. The highest BCUT2D eigenvalue weighted by molar-refractivity contribution is 5.94. The zero-order valence-electron chi connectivity index (χ0n) is 14.5. The summed E-state index contributed by atoms with van der Waals surface area (Å²) in [6.45, 7) is 2.46. The zero-order chi connectivity index (χ0) is 18.4. The number of nitrogens with two attached hydrogens (primary N) is 1. The number of carbonyl (C=O) groups is 1. The fourth-order valence-electron chi connectivity index (χ4n) is 2.56. The number of carbonyl (C=O) groups excluding carboxylic acids is 1. The average molecular weight is 397 g/mol. The first kappa shape index (κ1) is 22.7. The van der Waals surface area contributed by atoms with Crippen molar-refractivity contribution in [3.8, 4) is 0 Å². The lowest BCUT2D eigenvalue weighted by molar-refractivity contribution is -0.137. The number of hydrogen-bond acceptors (Lipinski definition) is 4. The van der Waals surface area contributed by atoms with E-state index in [4.69, 9.17) is 15.2 Å². The molecule has 2 unspecified atom stereocenters. The van der Waals surface area contributed by atoms with E-state index in [-0.39, 0.29) is 42.9 Å². The average Bonchev–Trinajstić information content (AvgIpc) is 2.59. The third-order valence-corrected chi connectivity index (χ3v) is 4.00. The van der Waals surface area contributed by atoms with E-state index in [1.165, 1.54) is 6.07 Å². The van der Waals surface area contributed by atoms with Crippen LogP contribution in [0.15, 0.2) is 18.2 Å². The molecule has 1 aliphatic heterocycles. The summed E-state index contributed by atoms with van der Waals surface area (Å²) < 4.78 is 49.7. The normalized spacial score (nSPS) is 18.7. The van der Waals surface area contributed by atoms with E-state index < -0.39 is 23.8 Å². The van der Waals surface area contributed by atoms with Crippen molar-refractivity contribution >= 4 is 24.0 Å². The first-order valence-corrected chi connectivity index (χ1v) is 8.25. The lowest BCUT2D eigenvalue weighted by Crippen LogP contribution is -2.32. The van der Waals surface area contributed by atoms with Crippen molar-refractivity contribution in [2.75, 3.05) is 18.5 Å².